The number of nitrogens with one attached hydrogen (secondary N) is 1. The van der Waals surface area contributed by atoms with Gasteiger partial charge in [-0.05, 0) is 74.1 Å². The Balaban J connectivity index is 1.50. The van der Waals surface area contributed by atoms with E-state index in [1.54, 1.807) is 38.1 Å². The Morgan fingerprint density at radius 1 is 1.23 bits per heavy atom. The van der Waals surface area contributed by atoms with E-state index < -0.39 is 21.5 Å². The molecule has 3 atom stereocenters. The molecule has 0 aromatic heterocycles. The Bertz CT molecular complexity index is 1020. The lowest BCUT2D eigenvalue weighted by Gasteiger charge is -2.28. The molecule has 3 unspecified atom stereocenters. The van der Waals surface area contributed by atoms with Crippen LogP contribution in [0.3, 0.4) is 0 Å². The normalized spacial score (nSPS) is 25.3. The highest BCUT2D eigenvalue weighted by molar-refractivity contribution is 7.90. The third kappa shape index (κ3) is 4.53. The number of rotatable bonds is 4. The van der Waals surface area contributed by atoms with Gasteiger partial charge in [0.2, 0.25) is 0 Å². The van der Waals surface area contributed by atoms with Gasteiger partial charge >= 0.3 is 6.03 Å². The van der Waals surface area contributed by atoms with Crippen LogP contribution < -0.4 is 10.5 Å². The summed E-state index contributed by atoms with van der Waals surface area (Å²) in [4.78, 5) is 12.7. The zero-order valence-electron chi connectivity index (χ0n) is 17.7. The third-order valence-corrected chi connectivity index (χ3v) is 7.68. The maximum absolute atomic E-state index is 12.8. The molecule has 0 heterocycles. The molecule has 3 aliphatic carbocycles. The fourth-order valence-corrected chi connectivity index (χ4v) is 6.07. The molecule has 0 spiro atoms. The molecular formula is C23H31N3O3S. The van der Waals surface area contributed by atoms with Crippen LogP contribution in [-0.4, -0.2) is 15.3 Å². The average Bonchev–Trinajstić information content (AvgIpc) is 3.29. The van der Waals surface area contributed by atoms with E-state index >= 15 is 0 Å². The molecule has 2 amide bonds. The van der Waals surface area contributed by atoms with Gasteiger partial charge < -0.3 is 10.4 Å². The molecule has 30 heavy (non-hydrogen) atoms. The number of allylic oxidation sites excluding steroid dienone is 4. The monoisotopic (exact) mass is 429 g/mol. The van der Waals surface area contributed by atoms with E-state index in [9.17, 15) is 14.1 Å². The van der Waals surface area contributed by atoms with Gasteiger partial charge in [0.15, 0.2) is 0 Å². The van der Waals surface area contributed by atoms with Gasteiger partial charge in [0.25, 0.3) is 0 Å². The maximum Gasteiger partial charge on any atom is 0.354 e. The molecule has 0 aliphatic heterocycles. The standard InChI is InChI=1S/C23H31N3O3S/c1-23(2,28)18-11-9-15(10-12-18)14-30(24,29)26-22(27)25-21-19-7-3-5-16(19)13-17-6-4-8-20(17)21/h9-13,16,19,28H,3-8,14H2,1-2H3,(H3,24,25,26,27,29). The van der Waals surface area contributed by atoms with E-state index in [-0.39, 0.29) is 5.75 Å². The van der Waals surface area contributed by atoms with Gasteiger partial charge in [-0.25, -0.2) is 14.1 Å². The number of carbonyl (C=O) groups excluding carboxylic acids is 1. The molecular weight excluding hydrogens is 398 g/mol. The van der Waals surface area contributed by atoms with Crippen molar-refractivity contribution in [3.8, 4) is 0 Å². The first kappa shape index (κ1) is 21.3. The van der Waals surface area contributed by atoms with Crippen molar-refractivity contribution in [2.45, 2.75) is 63.7 Å². The lowest BCUT2D eigenvalue weighted by atomic mass is 9.82. The molecule has 2 fully saturated rings. The molecule has 2 saturated carbocycles. The first-order chi connectivity index (χ1) is 14.1. The van der Waals surface area contributed by atoms with Crippen molar-refractivity contribution in [1.82, 2.24) is 5.32 Å². The molecule has 1 aromatic carbocycles. The van der Waals surface area contributed by atoms with E-state index in [2.05, 4.69) is 15.8 Å². The Morgan fingerprint density at radius 2 is 1.97 bits per heavy atom. The molecule has 162 valence electrons. The van der Waals surface area contributed by atoms with Gasteiger partial charge in [-0.1, -0.05) is 36.8 Å². The van der Waals surface area contributed by atoms with Crippen LogP contribution in [0.2, 0.25) is 0 Å². The van der Waals surface area contributed by atoms with Crippen LogP contribution in [0.1, 0.15) is 63.5 Å². The van der Waals surface area contributed by atoms with Crippen molar-refractivity contribution in [1.29, 1.82) is 0 Å². The number of nitrogens with two attached hydrogens (primary N) is 1. The number of nitrogens with zero attached hydrogens (tertiary/aromatic N) is 1. The maximum atomic E-state index is 12.8. The number of benzene rings is 1. The van der Waals surface area contributed by atoms with E-state index in [0.29, 0.717) is 17.4 Å². The first-order valence-corrected chi connectivity index (χ1v) is 12.5. The number of carbonyl (C=O) groups is 1. The largest absolute Gasteiger partial charge is 0.386 e. The molecule has 7 heteroatoms. The van der Waals surface area contributed by atoms with Gasteiger partial charge in [-0.3, -0.25) is 0 Å². The highest BCUT2D eigenvalue weighted by Crippen LogP contribution is 2.47. The summed E-state index contributed by atoms with van der Waals surface area (Å²) in [5.41, 5.74) is 4.13. The highest BCUT2D eigenvalue weighted by Gasteiger charge is 2.37. The highest BCUT2D eigenvalue weighted by atomic mass is 32.2. The van der Waals surface area contributed by atoms with E-state index in [1.165, 1.54) is 11.1 Å². The smallest absolute Gasteiger partial charge is 0.354 e. The number of amides is 2. The van der Waals surface area contributed by atoms with Crippen molar-refractivity contribution in [2.75, 3.05) is 0 Å². The topological polar surface area (TPSA) is 105 Å². The number of hydrogen-bond acceptors (Lipinski definition) is 3. The van der Waals surface area contributed by atoms with Gasteiger partial charge in [0, 0.05) is 11.6 Å². The molecule has 6 nitrogen and oxygen atoms in total. The van der Waals surface area contributed by atoms with Gasteiger partial charge in [-0.15, -0.1) is 4.36 Å². The summed E-state index contributed by atoms with van der Waals surface area (Å²) in [5.74, 6) is 0.813. The van der Waals surface area contributed by atoms with Crippen molar-refractivity contribution < 1.29 is 14.1 Å². The summed E-state index contributed by atoms with van der Waals surface area (Å²) in [7, 11) is -3.21. The molecule has 4 rings (SSSR count). The molecule has 0 bridgehead atoms. The quantitative estimate of drug-likeness (QED) is 0.666. The minimum absolute atomic E-state index is 0.0182. The third-order valence-electron chi connectivity index (χ3n) is 6.45. The number of aliphatic hydroxyl groups is 1. The Labute approximate surface area is 178 Å². The minimum Gasteiger partial charge on any atom is -0.386 e. The summed E-state index contributed by atoms with van der Waals surface area (Å²) >= 11 is 0. The predicted octanol–water partition coefficient (Wildman–Crippen LogP) is 4.26. The van der Waals surface area contributed by atoms with Crippen LogP contribution in [0.15, 0.2) is 51.5 Å². The summed E-state index contributed by atoms with van der Waals surface area (Å²) in [6, 6.07) is 6.45. The van der Waals surface area contributed by atoms with Crippen LogP contribution in [0.4, 0.5) is 4.79 Å². The lowest BCUT2D eigenvalue weighted by Crippen LogP contribution is -2.31. The van der Waals surface area contributed by atoms with Crippen LogP contribution in [-0.2, 0) is 21.3 Å². The van der Waals surface area contributed by atoms with E-state index in [0.717, 1.165) is 49.8 Å². The fraction of sp³-hybridized carbons (Fsp3) is 0.522. The van der Waals surface area contributed by atoms with Gasteiger partial charge in [0.05, 0.1) is 11.4 Å². The second-order valence-corrected chi connectivity index (χ2v) is 11.1. The summed E-state index contributed by atoms with van der Waals surface area (Å²) < 4.78 is 16.7. The second kappa shape index (κ2) is 7.94. The van der Waals surface area contributed by atoms with Crippen LogP contribution in [0.5, 0.6) is 0 Å². The van der Waals surface area contributed by atoms with Gasteiger partial charge in [0.1, 0.15) is 9.92 Å². The van der Waals surface area contributed by atoms with E-state index in [1.807, 2.05) is 0 Å². The van der Waals surface area contributed by atoms with Crippen LogP contribution >= 0.6 is 0 Å². The molecule has 0 radical (unpaired) electrons. The Morgan fingerprint density at radius 3 is 2.67 bits per heavy atom. The average molecular weight is 430 g/mol. The molecule has 1 aromatic rings. The molecule has 4 N–H and O–H groups in total. The zero-order chi connectivity index (χ0) is 21.5. The van der Waals surface area contributed by atoms with Crippen LogP contribution in [0, 0.1) is 11.8 Å². The predicted molar refractivity (Wildman–Crippen MR) is 118 cm³/mol. The molecule has 0 saturated heterocycles. The Hall–Kier alpha value is -1.96. The van der Waals surface area contributed by atoms with Crippen LogP contribution in [0.25, 0.3) is 0 Å². The number of hydrogen-bond donors (Lipinski definition) is 3. The number of urea groups is 1. The Kier molecular flexibility index (Phi) is 5.64. The SMILES string of the molecule is CC(C)(O)c1ccc(CS(N)(=O)=NC(=O)NC2=C3CCCC3=CC3CCCC23)cc1. The minimum atomic E-state index is -3.21. The fourth-order valence-electron chi connectivity index (χ4n) is 5.01. The van der Waals surface area contributed by atoms with Crippen molar-refractivity contribution in [3.05, 3.63) is 58.3 Å². The van der Waals surface area contributed by atoms with Crippen molar-refractivity contribution in [2.24, 2.45) is 21.3 Å². The second-order valence-electron chi connectivity index (χ2n) is 9.25. The number of fused-ring (bicyclic) bond motifs is 2. The van der Waals surface area contributed by atoms with Gasteiger partial charge in [-0.2, -0.15) is 0 Å². The van der Waals surface area contributed by atoms with Crippen molar-refractivity contribution in [3.63, 3.8) is 0 Å². The zero-order valence-corrected chi connectivity index (χ0v) is 18.5. The summed E-state index contributed by atoms with van der Waals surface area (Å²) in [5, 5.41) is 18.9. The molecule has 3 aliphatic rings. The van der Waals surface area contributed by atoms with Crippen molar-refractivity contribution >= 4 is 15.9 Å². The summed E-state index contributed by atoms with van der Waals surface area (Å²) in [6.07, 6.45) is 8.98. The first-order valence-electron chi connectivity index (χ1n) is 10.7. The lowest BCUT2D eigenvalue weighted by molar-refractivity contribution is 0.0786. The van der Waals surface area contributed by atoms with E-state index in [4.69, 9.17) is 5.14 Å². The summed E-state index contributed by atoms with van der Waals surface area (Å²) in [6.45, 7) is 3.41.